The summed E-state index contributed by atoms with van der Waals surface area (Å²) in [6, 6.07) is 7.88. The summed E-state index contributed by atoms with van der Waals surface area (Å²) in [5.41, 5.74) is 1.88. The molecule has 0 saturated heterocycles. The Balaban J connectivity index is 1.64. The van der Waals surface area contributed by atoms with Gasteiger partial charge in [0.25, 0.3) is 0 Å². The van der Waals surface area contributed by atoms with Crippen molar-refractivity contribution in [1.82, 2.24) is 20.2 Å². The minimum atomic E-state index is 0.00768. The molecule has 1 aromatic carbocycles. The zero-order valence-corrected chi connectivity index (χ0v) is 14.8. The lowest BCUT2D eigenvalue weighted by atomic mass is 10.2. The lowest BCUT2D eigenvalue weighted by molar-refractivity contribution is -0.122. The normalized spacial score (nSPS) is 13.8. The van der Waals surface area contributed by atoms with Gasteiger partial charge in [-0.05, 0) is 37.8 Å². The number of aromatic nitrogens is 2. The molecule has 1 aliphatic carbocycles. The van der Waals surface area contributed by atoms with Gasteiger partial charge in [-0.1, -0.05) is 19.1 Å². The second-order valence-electron chi connectivity index (χ2n) is 6.62. The van der Waals surface area contributed by atoms with E-state index in [1.807, 2.05) is 35.8 Å². The quantitative estimate of drug-likeness (QED) is 0.685. The van der Waals surface area contributed by atoms with Gasteiger partial charge in [-0.25, -0.2) is 4.98 Å². The van der Waals surface area contributed by atoms with Crippen molar-refractivity contribution in [3.05, 3.63) is 30.1 Å². The Kier molecular flexibility index (Phi) is 5.68. The van der Waals surface area contributed by atoms with E-state index >= 15 is 0 Å². The number of para-hydroxylation sites is 2. The highest BCUT2D eigenvalue weighted by Gasteiger charge is 2.29. The molecule has 134 valence electrons. The van der Waals surface area contributed by atoms with E-state index < -0.39 is 0 Å². The fourth-order valence-corrected chi connectivity index (χ4v) is 2.90. The van der Waals surface area contributed by atoms with E-state index in [2.05, 4.69) is 15.6 Å². The van der Waals surface area contributed by atoms with Crippen molar-refractivity contribution in [3.8, 4) is 0 Å². The van der Waals surface area contributed by atoms with Gasteiger partial charge in [0.05, 0.1) is 11.0 Å². The highest BCUT2D eigenvalue weighted by molar-refractivity contribution is 5.81. The molecule has 1 fully saturated rings. The van der Waals surface area contributed by atoms with Crippen molar-refractivity contribution in [1.29, 1.82) is 0 Å². The van der Waals surface area contributed by atoms with Gasteiger partial charge in [0, 0.05) is 25.4 Å². The molecule has 2 aromatic rings. The van der Waals surface area contributed by atoms with Gasteiger partial charge in [0.1, 0.15) is 12.4 Å². The minimum absolute atomic E-state index is 0.00768. The maximum atomic E-state index is 12.1. The van der Waals surface area contributed by atoms with Crippen LogP contribution in [0.25, 0.3) is 11.0 Å². The first-order valence-corrected chi connectivity index (χ1v) is 9.17. The topological polar surface area (TPSA) is 76.0 Å². The van der Waals surface area contributed by atoms with Crippen LogP contribution < -0.4 is 10.6 Å². The number of benzene rings is 1. The number of nitrogens with one attached hydrogen (secondary N) is 2. The minimum Gasteiger partial charge on any atom is -0.356 e. The number of amides is 2. The molecular formula is C19H26N4O2. The number of nitrogens with zero attached hydrogens (tertiary/aromatic N) is 2. The maximum Gasteiger partial charge on any atom is 0.240 e. The van der Waals surface area contributed by atoms with Crippen molar-refractivity contribution in [2.24, 2.45) is 5.92 Å². The Morgan fingerprint density at radius 3 is 2.76 bits per heavy atom. The van der Waals surface area contributed by atoms with E-state index in [9.17, 15) is 9.59 Å². The van der Waals surface area contributed by atoms with E-state index in [0.29, 0.717) is 13.1 Å². The zero-order valence-electron chi connectivity index (χ0n) is 14.8. The fraction of sp³-hybridized carbons (Fsp3) is 0.526. The molecule has 0 aliphatic heterocycles. The molecular weight excluding hydrogens is 316 g/mol. The summed E-state index contributed by atoms with van der Waals surface area (Å²) in [5.74, 6) is 1.32. The molecule has 1 aliphatic rings. The first-order valence-electron chi connectivity index (χ1n) is 9.17. The first kappa shape index (κ1) is 17.5. The molecule has 2 N–H and O–H groups in total. The molecule has 0 radical (unpaired) electrons. The van der Waals surface area contributed by atoms with Crippen LogP contribution in [0.2, 0.25) is 0 Å². The predicted molar refractivity (Wildman–Crippen MR) is 97.1 cm³/mol. The average Bonchev–Trinajstić information content (AvgIpc) is 3.41. The summed E-state index contributed by atoms with van der Waals surface area (Å²) in [6.45, 7) is 3.66. The van der Waals surface area contributed by atoms with Gasteiger partial charge in [-0.3, -0.25) is 9.59 Å². The van der Waals surface area contributed by atoms with Crippen LogP contribution in [0.3, 0.4) is 0 Å². The second kappa shape index (κ2) is 8.14. The van der Waals surface area contributed by atoms with Crippen LogP contribution in [-0.4, -0.2) is 34.5 Å². The van der Waals surface area contributed by atoms with E-state index in [1.165, 1.54) is 0 Å². The van der Waals surface area contributed by atoms with Crippen molar-refractivity contribution in [2.45, 2.75) is 45.6 Å². The molecule has 1 saturated carbocycles. The second-order valence-corrected chi connectivity index (χ2v) is 6.62. The number of carbonyl (C=O) groups is 2. The number of carbonyl (C=O) groups excluding carboxylic acids is 2. The van der Waals surface area contributed by atoms with Crippen molar-refractivity contribution < 1.29 is 9.59 Å². The Labute approximate surface area is 148 Å². The summed E-state index contributed by atoms with van der Waals surface area (Å²) >= 11 is 0. The Morgan fingerprint density at radius 2 is 2.00 bits per heavy atom. The fourth-order valence-electron chi connectivity index (χ4n) is 2.90. The van der Waals surface area contributed by atoms with Crippen LogP contribution in [0, 0.1) is 5.92 Å². The molecule has 2 amide bonds. The van der Waals surface area contributed by atoms with Gasteiger partial charge in [0.15, 0.2) is 0 Å². The van der Waals surface area contributed by atoms with E-state index in [-0.39, 0.29) is 24.3 Å². The molecule has 1 heterocycles. The zero-order chi connectivity index (χ0) is 17.6. The molecule has 0 spiro atoms. The first-order chi connectivity index (χ1) is 12.2. The predicted octanol–water partition coefficient (Wildman–Crippen LogP) is 2.02. The van der Waals surface area contributed by atoms with Crippen molar-refractivity contribution in [3.63, 3.8) is 0 Å². The van der Waals surface area contributed by atoms with Gasteiger partial charge in [-0.2, -0.15) is 0 Å². The monoisotopic (exact) mass is 342 g/mol. The van der Waals surface area contributed by atoms with Crippen LogP contribution in [0.1, 0.15) is 38.4 Å². The third-order valence-electron chi connectivity index (χ3n) is 4.43. The average molecular weight is 342 g/mol. The molecule has 3 rings (SSSR count). The number of imidazole rings is 1. The van der Waals surface area contributed by atoms with Crippen LogP contribution in [-0.2, 0) is 22.6 Å². The summed E-state index contributed by atoms with van der Waals surface area (Å²) in [5, 5.41) is 5.90. The van der Waals surface area contributed by atoms with E-state index in [4.69, 9.17) is 0 Å². The van der Waals surface area contributed by atoms with Crippen molar-refractivity contribution >= 4 is 22.8 Å². The van der Waals surface area contributed by atoms with E-state index in [1.54, 1.807) is 0 Å². The number of hydrogen-bond acceptors (Lipinski definition) is 3. The van der Waals surface area contributed by atoms with Gasteiger partial charge >= 0.3 is 0 Å². The largest absolute Gasteiger partial charge is 0.356 e. The van der Waals surface area contributed by atoms with Crippen molar-refractivity contribution in [2.75, 3.05) is 13.1 Å². The lowest BCUT2D eigenvalue weighted by Crippen LogP contribution is -2.29. The number of rotatable bonds is 9. The molecule has 6 heteroatoms. The summed E-state index contributed by atoms with van der Waals surface area (Å²) < 4.78 is 1.99. The van der Waals surface area contributed by atoms with Crippen LogP contribution in [0.4, 0.5) is 0 Å². The molecule has 0 bridgehead atoms. The van der Waals surface area contributed by atoms with Crippen LogP contribution in [0.15, 0.2) is 24.3 Å². The summed E-state index contributed by atoms with van der Waals surface area (Å²) in [7, 11) is 0. The smallest absolute Gasteiger partial charge is 0.240 e. The van der Waals surface area contributed by atoms with Gasteiger partial charge in [-0.15, -0.1) is 0 Å². The molecule has 1 aromatic heterocycles. The number of hydrogen-bond donors (Lipinski definition) is 2. The van der Waals surface area contributed by atoms with Crippen LogP contribution in [0.5, 0.6) is 0 Å². The molecule has 0 atom stereocenters. The Bertz CT molecular complexity index is 749. The highest BCUT2D eigenvalue weighted by atomic mass is 16.2. The Morgan fingerprint density at radius 1 is 1.20 bits per heavy atom. The highest BCUT2D eigenvalue weighted by Crippen LogP contribution is 2.28. The van der Waals surface area contributed by atoms with E-state index in [0.717, 1.165) is 49.0 Å². The van der Waals surface area contributed by atoms with Gasteiger partial charge < -0.3 is 15.2 Å². The number of aryl methyl sites for hydroxylation is 1. The molecule has 25 heavy (non-hydrogen) atoms. The standard InChI is InChI=1S/C19H26N4O2/c1-2-11-20-18(24)13-23-16-7-4-3-6-15(16)22-17(23)8-5-12-21-19(25)14-9-10-14/h3-4,6-7,14H,2,5,8-13H2,1H3,(H,20,24)(H,21,25). The summed E-state index contributed by atoms with van der Waals surface area (Å²) in [4.78, 5) is 28.5. The maximum absolute atomic E-state index is 12.1. The molecule has 6 nitrogen and oxygen atoms in total. The number of fused-ring (bicyclic) bond motifs is 1. The van der Waals surface area contributed by atoms with Crippen LogP contribution >= 0.6 is 0 Å². The third kappa shape index (κ3) is 4.59. The molecule has 0 unspecified atom stereocenters. The van der Waals surface area contributed by atoms with Gasteiger partial charge in [0.2, 0.25) is 11.8 Å². The third-order valence-corrected chi connectivity index (χ3v) is 4.43. The SMILES string of the molecule is CCCNC(=O)Cn1c(CCCNC(=O)C2CC2)nc2ccccc21. The Hall–Kier alpha value is -2.37. The lowest BCUT2D eigenvalue weighted by Gasteiger charge is -2.10. The summed E-state index contributed by atoms with van der Waals surface area (Å²) in [6.07, 6.45) is 4.52.